The Balaban J connectivity index is 2.71. The van der Waals surface area contributed by atoms with Crippen LogP contribution in [0.4, 0.5) is 0 Å². The Bertz CT molecular complexity index is 269. The average Bonchev–Trinajstić information content (AvgIpc) is 2.03. The van der Waals surface area contributed by atoms with Crippen molar-refractivity contribution in [1.29, 1.82) is 0 Å². The van der Waals surface area contributed by atoms with Crippen molar-refractivity contribution >= 4 is 24.8 Å². The molecule has 1 rings (SSSR count). The quantitative estimate of drug-likeness (QED) is 0.678. The van der Waals surface area contributed by atoms with Crippen molar-refractivity contribution in [3.8, 4) is 0 Å². The number of hydrogen-bond donors (Lipinski definition) is 2. The lowest BCUT2D eigenvalue weighted by Crippen LogP contribution is -2.05. The molecule has 0 atom stereocenters. The lowest BCUT2D eigenvalue weighted by atomic mass is 9.91. The van der Waals surface area contributed by atoms with Gasteiger partial charge in [0.05, 0.1) is 0 Å². The van der Waals surface area contributed by atoms with Crippen molar-refractivity contribution in [3.63, 3.8) is 0 Å². The second-order valence-electron chi connectivity index (χ2n) is 2.32. The molecule has 2 nitrogen and oxygen atoms in total. The highest BCUT2D eigenvalue weighted by molar-refractivity contribution is 6.48. The number of halogens is 1. The van der Waals surface area contributed by atoms with Gasteiger partial charge < -0.3 is 10.0 Å². The van der Waals surface area contributed by atoms with Gasteiger partial charge in [0, 0.05) is 5.02 Å². The Hall–Kier alpha value is -0.765. The second kappa shape index (κ2) is 4.31. The van der Waals surface area contributed by atoms with Gasteiger partial charge in [-0.1, -0.05) is 35.8 Å². The maximum absolute atomic E-state index is 8.51. The van der Waals surface area contributed by atoms with Crippen LogP contribution in [0.3, 0.4) is 0 Å². The van der Waals surface area contributed by atoms with E-state index in [1.54, 1.807) is 30.3 Å². The number of rotatable bonds is 2. The first-order chi connectivity index (χ1) is 5.68. The Morgan fingerprint density at radius 1 is 1.17 bits per heavy atom. The van der Waals surface area contributed by atoms with Crippen LogP contribution < -0.4 is 0 Å². The first kappa shape index (κ1) is 9.32. The first-order valence-corrected chi connectivity index (χ1v) is 3.86. The predicted octanol–water partition coefficient (Wildman–Crippen LogP) is 1.37. The molecule has 0 unspecified atom stereocenters. The minimum absolute atomic E-state index is 0.664. The zero-order valence-corrected chi connectivity index (χ0v) is 7.07. The van der Waals surface area contributed by atoms with E-state index in [-0.39, 0.29) is 0 Å². The Kier molecular flexibility index (Phi) is 3.35. The molecule has 0 radical (unpaired) electrons. The van der Waals surface area contributed by atoms with Crippen molar-refractivity contribution in [1.82, 2.24) is 0 Å². The second-order valence-corrected chi connectivity index (χ2v) is 2.76. The molecule has 0 saturated carbocycles. The summed E-state index contributed by atoms with van der Waals surface area (Å²) in [5.41, 5.74) is 0.882. The molecule has 2 N–H and O–H groups in total. The Labute approximate surface area is 76.3 Å². The van der Waals surface area contributed by atoms with E-state index in [9.17, 15) is 0 Å². The summed E-state index contributed by atoms with van der Waals surface area (Å²) in [7, 11) is -1.40. The fourth-order valence-corrected chi connectivity index (χ4v) is 0.897. The molecule has 0 amide bonds. The van der Waals surface area contributed by atoms with E-state index in [0.717, 1.165) is 5.56 Å². The van der Waals surface area contributed by atoms with Crippen LogP contribution in [0.1, 0.15) is 5.56 Å². The van der Waals surface area contributed by atoms with Crippen LogP contribution in [-0.2, 0) is 0 Å². The fourth-order valence-electron chi connectivity index (χ4n) is 0.771. The molecular weight excluding hydrogens is 174 g/mol. The number of hydrogen-bond acceptors (Lipinski definition) is 2. The van der Waals surface area contributed by atoms with Crippen LogP contribution >= 0.6 is 11.6 Å². The van der Waals surface area contributed by atoms with Crippen LogP contribution in [-0.4, -0.2) is 17.2 Å². The summed E-state index contributed by atoms with van der Waals surface area (Å²) in [4.78, 5) is 0. The van der Waals surface area contributed by atoms with Gasteiger partial charge in [-0.2, -0.15) is 0 Å². The van der Waals surface area contributed by atoms with E-state index in [2.05, 4.69) is 0 Å². The average molecular weight is 182 g/mol. The summed E-state index contributed by atoms with van der Waals surface area (Å²) in [6, 6.07) is 7.07. The van der Waals surface area contributed by atoms with Crippen molar-refractivity contribution in [2.45, 2.75) is 0 Å². The lowest BCUT2D eigenvalue weighted by molar-refractivity contribution is 0.424. The molecule has 0 heterocycles. The minimum atomic E-state index is -1.40. The van der Waals surface area contributed by atoms with E-state index in [1.165, 1.54) is 5.98 Å². The predicted molar refractivity (Wildman–Crippen MR) is 50.7 cm³/mol. The highest BCUT2D eigenvalue weighted by Crippen LogP contribution is 2.10. The molecule has 0 saturated heterocycles. The standard InChI is InChI=1S/C8H8BClO2/c10-8-3-1-7(2-4-8)5-6-9(11)12/h1-6,11-12H/b6-5-. The summed E-state index contributed by atoms with van der Waals surface area (Å²) in [6.07, 6.45) is 1.61. The van der Waals surface area contributed by atoms with Crippen LogP contribution in [0.25, 0.3) is 6.08 Å². The van der Waals surface area contributed by atoms with Gasteiger partial charge in [-0.25, -0.2) is 0 Å². The van der Waals surface area contributed by atoms with E-state index in [0.29, 0.717) is 5.02 Å². The summed E-state index contributed by atoms with van der Waals surface area (Å²) < 4.78 is 0. The zero-order chi connectivity index (χ0) is 8.97. The molecule has 1 aromatic rings. The molecule has 0 aromatic heterocycles. The monoisotopic (exact) mass is 182 g/mol. The Morgan fingerprint density at radius 3 is 2.25 bits per heavy atom. The van der Waals surface area contributed by atoms with Gasteiger partial charge in [-0.3, -0.25) is 0 Å². The maximum Gasteiger partial charge on any atom is 0.480 e. The van der Waals surface area contributed by atoms with Gasteiger partial charge in [0.2, 0.25) is 0 Å². The molecule has 12 heavy (non-hydrogen) atoms. The highest BCUT2D eigenvalue weighted by atomic mass is 35.5. The first-order valence-electron chi connectivity index (χ1n) is 3.48. The van der Waals surface area contributed by atoms with E-state index >= 15 is 0 Å². The van der Waals surface area contributed by atoms with Crippen LogP contribution in [0, 0.1) is 0 Å². The third-order valence-electron chi connectivity index (χ3n) is 1.33. The van der Waals surface area contributed by atoms with Gasteiger partial charge in [-0.05, 0) is 17.7 Å². The molecule has 0 spiro atoms. The van der Waals surface area contributed by atoms with Gasteiger partial charge in [0.25, 0.3) is 0 Å². The largest absolute Gasteiger partial charge is 0.480 e. The van der Waals surface area contributed by atoms with Gasteiger partial charge in [0.15, 0.2) is 0 Å². The highest BCUT2D eigenvalue weighted by Gasteiger charge is 1.97. The van der Waals surface area contributed by atoms with Crippen LogP contribution in [0.15, 0.2) is 30.2 Å². The summed E-state index contributed by atoms with van der Waals surface area (Å²) in [5.74, 6) is 1.28. The Morgan fingerprint density at radius 2 is 1.75 bits per heavy atom. The zero-order valence-electron chi connectivity index (χ0n) is 6.31. The molecule has 1 aromatic carbocycles. The molecule has 0 aliphatic rings. The molecule has 0 aliphatic heterocycles. The third-order valence-corrected chi connectivity index (χ3v) is 1.58. The van der Waals surface area contributed by atoms with E-state index in [1.807, 2.05) is 0 Å². The van der Waals surface area contributed by atoms with Crippen molar-refractivity contribution in [2.24, 2.45) is 0 Å². The lowest BCUT2D eigenvalue weighted by Gasteiger charge is -1.92. The molecular formula is C8H8BClO2. The molecule has 0 fully saturated rings. The smallest absolute Gasteiger partial charge is 0.424 e. The number of benzene rings is 1. The summed E-state index contributed by atoms with van der Waals surface area (Å²) in [6.45, 7) is 0. The van der Waals surface area contributed by atoms with Crippen molar-refractivity contribution in [3.05, 3.63) is 40.8 Å². The van der Waals surface area contributed by atoms with Crippen LogP contribution in [0.5, 0.6) is 0 Å². The third kappa shape index (κ3) is 3.09. The van der Waals surface area contributed by atoms with Crippen molar-refractivity contribution in [2.75, 3.05) is 0 Å². The molecule has 4 heteroatoms. The molecule has 0 bridgehead atoms. The summed E-state index contributed by atoms with van der Waals surface area (Å²) >= 11 is 5.65. The summed E-state index contributed by atoms with van der Waals surface area (Å²) in [5, 5.41) is 17.7. The normalized spacial score (nSPS) is 10.6. The minimum Gasteiger partial charge on any atom is -0.424 e. The molecule has 0 aliphatic carbocycles. The van der Waals surface area contributed by atoms with E-state index in [4.69, 9.17) is 21.6 Å². The van der Waals surface area contributed by atoms with Gasteiger partial charge >= 0.3 is 7.12 Å². The van der Waals surface area contributed by atoms with Crippen LogP contribution in [0.2, 0.25) is 5.02 Å². The topological polar surface area (TPSA) is 40.5 Å². The molecule has 62 valence electrons. The van der Waals surface area contributed by atoms with Gasteiger partial charge in [0.1, 0.15) is 0 Å². The van der Waals surface area contributed by atoms with Crippen molar-refractivity contribution < 1.29 is 10.0 Å². The van der Waals surface area contributed by atoms with Gasteiger partial charge in [-0.15, -0.1) is 0 Å². The fraction of sp³-hybridized carbons (Fsp3) is 0. The maximum atomic E-state index is 8.51. The van der Waals surface area contributed by atoms with E-state index < -0.39 is 7.12 Å². The SMILES string of the molecule is OB(O)/C=C\c1ccc(Cl)cc1.